The van der Waals surface area contributed by atoms with Gasteiger partial charge in [-0.25, -0.2) is 4.98 Å². The zero-order valence-electron chi connectivity index (χ0n) is 15.4. The van der Waals surface area contributed by atoms with Crippen molar-refractivity contribution in [2.45, 2.75) is 13.0 Å². The SMILES string of the molecule is C[C@@H](Nc1nc(N2CCN(C)CC2)nc2ccccc12)c1ccccc1. The molecule has 2 heterocycles. The highest BCUT2D eigenvalue weighted by atomic mass is 15.3. The Kier molecular flexibility index (Phi) is 4.71. The molecule has 1 aliphatic rings. The molecule has 1 atom stereocenters. The van der Waals surface area contributed by atoms with Gasteiger partial charge in [0.15, 0.2) is 0 Å². The van der Waals surface area contributed by atoms with E-state index in [9.17, 15) is 0 Å². The van der Waals surface area contributed by atoms with Crippen LogP contribution in [0.4, 0.5) is 11.8 Å². The number of rotatable bonds is 4. The van der Waals surface area contributed by atoms with Crippen LogP contribution in [0.2, 0.25) is 0 Å². The molecule has 5 heteroatoms. The highest BCUT2D eigenvalue weighted by Gasteiger charge is 2.19. The molecule has 1 saturated heterocycles. The minimum Gasteiger partial charge on any atom is -0.363 e. The molecule has 0 bridgehead atoms. The Balaban J connectivity index is 1.68. The second-order valence-electron chi connectivity index (χ2n) is 6.96. The molecule has 2 aromatic carbocycles. The van der Waals surface area contributed by atoms with Crippen LogP contribution in [0.25, 0.3) is 10.9 Å². The number of para-hydroxylation sites is 1. The summed E-state index contributed by atoms with van der Waals surface area (Å²) in [5, 5.41) is 4.66. The second kappa shape index (κ2) is 7.30. The fraction of sp³-hybridized carbons (Fsp3) is 0.333. The minimum absolute atomic E-state index is 0.176. The maximum absolute atomic E-state index is 4.90. The minimum atomic E-state index is 0.176. The van der Waals surface area contributed by atoms with E-state index >= 15 is 0 Å². The summed E-state index contributed by atoms with van der Waals surface area (Å²) in [6, 6.07) is 18.9. The highest BCUT2D eigenvalue weighted by Crippen LogP contribution is 2.27. The predicted molar refractivity (Wildman–Crippen MR) is 108 cm³/mol. The molecule has 4 rings (SSSR count). The summed E-state index contributed by atoms with van der Waals surface area (Å²) in [4.78, 5) is 14.3. The van der Waals surface area contributed by atoms with Crippen molar-refractivity contribution in [3.63, 3.8) is 0 Å². The Morgan fingerprint density at radius 1 is 0.885 bits per heavy atom. The lowest BCUT2D eigenvalue weighted by Gasteiger charge is -2.32. The molecule has 3 aromatic rings. The van der Waals surface area contributed by atoms with E-state index in [1.165, 1.54) is 5.56 Å². The predicted octanol–water partition coefficient (Wildman–Crippen LogP) is 3.55. The van der Waals surface area contributed by atoms with Crippen molar-refractivity contribution in [2.24, 2.45) is 0 Å². The number of benzene rings is 2. The summed E-state index contributed by atoms with van der Waals surface area (Å²) in [6.07, 6.45) is 0. The average Bonchev–Trinajstić information content (AvgIpc) is 2.69. The topological polar surface area (TPSA) is 44.3 Å². The summed E-state index contributed by atoms with van der Waals surface area (Å²) in [7, 11) is 2.16. The van der Waals surface area contributed by atoms with Crippen LogP contribution in [0, 0.1) is 0 Å². The van der Waals surface area contributed by atoms with E-state index in [0.717, 1.165) is 48.8 Å². The lowest BCUT2D eigenvalue weighted by molar-refractivity contribution is 0.311. The first-order valence-corrected chi connectivity index (χ1v) is 9.22. The summed E-state index contributed by atoms with van der Waals surface area (Å²) in [5.74, 6) is 1.72. The van der Waals surface area contributed by atoms with Gasteiger partial charge in [-0.05, 0) is 31.7 Å². The Morgan fingerprint density at radius 3 is 2.35 bits per heavy atom. The molecule has 0 spiro atoms. The molecule has 0 radical (unpaired) electrons. The maximum atomic E-state index is 4.90. The van der Waals surface area contributed by atoms with Gasteiger partial charge in [-0.15, -0.1) is 0 Å². The standard InChI is InChI=1S/C21H25N5/c1-16(17-8-4-3-5-9-17)22-20-18-10-6-7-11-19(18)23-21(24-20)26-14-12-25(2)13-15-26/h3-11,16H,12-15H2,1-2H3,(H,22,23,24)/t16-/m1/s1. The number of nitrogens with zero attached hydrogens (tertiary/aromatic N) is 4. The van der Waals surface area contributed by atoms with Crippen LogP contribution in [0.1, 0.15) is 18.5 Å². The van der Waals surface area contributed by atoms with Crippen LogP contribution in [0.3, 0.4) is 0 Å². The molecule has 134 valence electrons. The molecular formula is C21H25N5. The third kappa shape index (κ3) is 3.48. The molecule has 5 nitrogen and oxygen atoms in total. The Bertz CT molecular complexity index is 872. The number of nitrogens with one attached hydrogen (secondary N) is 1. The van der Waals surface area contributed by atoms with Gasteiger partial charge in [-0.1, -0.05) is 42.5 Å². The number of hydrogen-bond acceptors (Lipinski definition) is 5. The van der Waals surface area contributed by atoms with Crippen molar-refractivity contribution < 1.29 is 0 Å². The third-order valence-corrected chi connectivity index (χ3v) is 5.03. The molecule has 1 fully saturated rings. The van der Waals surface area contributed by atoms with Gasteiger partial charge in [0.1, 0.15) is 5.82 Å². The van der Waals surface area contributed by atoms with Crippen molar-refractivity contribution in [1.82, 2.24) is 14.9 Å². The fourth-order valence-corrected chi connectivity index (χ4v) is 3.35. The van der Waals surface area contributed by atoms with Gasteiger partial charge >= 0.3 is 0 Å². The quantitative estimate of drug-likeness (QED) is 0.782. The van der Waals surface area contributed by atoms with E-state index in [0.29, 0.717) is 0 Å². The van der Waals surface area contributed by atoms with Crippen molar-refractivity contribution in [3.05, 3.63) is 60.2 Å². The first-order valence-electron chi connectivity index (χ1n) is 9.22. The molecular weight excluding hydrogens is 322 g/mol. The van der Waals surface area contributed by atoms with Gasteiger partial charge in [-0.2, -0.15) is 4.98 Å². The summed E-state index contributed by atoms with van der Waals surface area (Å²) < 4.78 is 0. The number of hydrogen-bond donors (Lipinski definition) is 1. The lowest BCUT2D eigenvalue weighted by Crippen LogP contribution is -2.45. The number of anilines is 2. The van der Waals surface area contributed by atoms with Gasteiger partial charge in [-0.3, -0.25) is 0 Å². The molecule has 1 aliphatic heterocycles. The lowest BCUT2D eigenvalue weighted by atomic mass is 10.1. The summed E-state index contributed by atoms with van der Waals surface area (Å²) >= 11 is 0. The van der Waals surface area contributed by atoms with Gasteiger partial charge in [0.25, 0.3) is 0 Å². The van der Waals surface area contributed by atoms with Crippen LogP contribution >= 0.6 is 0 Å². The average molecular weight is 347 g/mol. The number of aromatic nitrogens is 2. The van der Waals surface area contributed by atoms with Gasteiger partial charge in [0.2, 0.25) is 5.95 Å². The summed E-state index contributed by atoms with van der Waals surface area (Å²) in [5.41, 5.74) is 2.23. The largest absolute Gasteiger partial charge is 0.363 e. The Hall–Kier alpha value is -2.66. The number of piperazine rings is 1. The first-order chi connectivity index (χ1) is 12.7. The van der Waals surface area contributed by atoms with Crippen LogP contribution in [0.15, 0.2) is 54.6 Å². The molecule has 0 saturated carbocycles. The summed E-state index contributed by atoms with van der Waals surface area (Å²) in [6.45, 7) is 6.17. The van der Waals surface area contributed by atoms with Crippen LogP contribution < -0.4 is 10.2 Å². The third-order valence-electron chi connectivity index (χ3n) is 5.03. The van der Waals surface area contributed by atoms with E-state index in [1.54, 1.807) is 0 Å². The zero-order valence-corrected chi connectivity index (χ0v) is 15.4. The highest BCUT2D eigenvalue weighted by molar-refractivity contribution is 5.90. The first kappa shape index (κ1) is 16.8. The van der Waals surface area contributed by atoms with E-state index in [-0.39, 0.29) is 6.04 Å². The van der Waals surface area contributed by atoms with E-state index < -0.39 is 0 Å². The zero-order chi connectivity index (χ0) is 17.9. The molecule has 26 heavy (non-hydrogen) atoms. The second-order valence-corrected chi connectivity index (χ2v) is 6.96. The van der Waals surface area contributed by atoms with Crippen LogP contribution in [-0.4, -0.2) is 48.1 Å². The van der Waals surface area contributed by atoms with Crippen molar-refractivity contribution >= 4 is 22.7 Å². The monoisotopic (exact) mass is 347 g/mol. The van der Waals surface area contributed by atoms with Gasteiger partial charge in [0, 0.05) is 37.6 Å². The molecule has 0 unspecified atom stereocenters. The van der Waals surface area contributed by atoms with E-state index in [4.69, 9.17) is 9.97 Å². The molecule has 0 aliphatic carbocycles. The van der Waals surface area contributed by atoms with Gasteiger partial charge < -0.3 is 15.1 Å². The molecule has 0 amide bonds. The molecule has 1 N–H and O–H groups in total. The number of fused-ring (bicyclic) bond motifs is 1. The van der Waals surface area contributed by atoms with Crippen molar-refractivity contribution in [1.29, 1.82) is 0 Å². The Morgan fingerprint density at radius 2 is 1.58 bits per heavy atom. The van der Waals surface area contributed by atoms with Crippen LogP contribution in [0.5, 0.6) is 0 Å². The van der Waals surface area contributed by atoms with E-state index in [1.807, 2.05) is 18.2 Å². The van der Waals surface area contributed by atoms with Crippen LogP contribution in [-0.2, 0) is 0 Å². The van der Waals surface area contributed by atoms with Crippen molar-refractivity contribution in [2.75, 3.05) is 43.4 Å². The maximum Gasteiger partial charge on any atom is 0.227 e. The normalized spacial score (nSPS) is 16.6. The van der Waals surface area contributed by atoms with Crippen molar-refractivity contribution in [3.8, 4) is 0 Å². The van der Waals surface area contributed by atoms with Gasteiger partial charge in [0.05, 0.1) is 5.52 Å². The smallest absolute Gasteiger partial charge is 0.227 e. The molecule has 1 aromatic heterocycles. The fourth-order valence-electron chi connectivity index (χ4n) is 3.35. The Labute approximate surface area is 154 Å². The number of likely N-dealkylation sites (N-methyl/N-ethyl adjacent to an activating group) is 1. The van der Waals surface area contributed by atoms with E-state index in [2.05, 4.69) is 65.5 Å².